The van der Waals surface area contributed by atoms with Crippen LogP contribution in [0.15, 0.2) is 0 Å². The van der Waals surface area contributed by atoms with E-state index in [4.69, 9.17) is 12.3 Å². The Labute approximate surface area is 121 Å². The topological polar surface area (TPSA) is 61.0 Å². The molecule has 2 aliphatic rings. The van der Waals surface area contributed by atoms with Crippen LogP contribution in [0.4, 0.5) is 0 Å². The van der Waals surface area contributed by atoms with Gasteiger partial charge in [0.1, 0.15) is 0 Å². The molecule has 2 heterocycles. The zero-order chi connectivity index (χ0) is 14.0. The molecule has 2 rings (SSSR count). The number of hydrogen-bond acceptors (Lipinski definition) is 6. The maximum atomic E-state index is 6.23. The van der Waals surface area contributed by atoms with Crippen molar-refractivity contribution < 1.29 is 12.3 Å². The van der Waals surface area contributed by atoms with Gasteiger partial charge in [-0.3, -0.25) is 0 Å². The first-order chi connectivity index (χ1) is 8.83. The van der Waals surface area contributed by atoms with Crippen LogP contribution in [0.25, 0.3) is 0 Å². The van der Waals surface area contributed by atoms with E-state index in [2.05, 4.69) is 10.6 Å². The van der Waals surface area contributed by atoms with Crippen LogP contribution in [0.1, 0.15) is 27.7 Å². The van der Waals surface area contributed by atoms with Crippen LogP contribution < -0.4 is 10.6 Å². The molecule has 0 unspecified atom stereocenters. The van der Waals surface area contributed by atoms with E-state index in [0.717, 1.165) is 26.2 Å². The molecule has 2 aliphatic heterocycles. The standard InChI is InChI=1S/2C6H13NO2.Sn/c2*1-6(2,9)5-7-3-4-8;/h2*7H,3-5H2,1-2H3;/q2*-2;+4. The minimum absolute atomic E-state index is 0.334. The summed E-state index contributed by atoms with van der Waals surface area (Å²) in [6, 6.07) is 0. The van der Waals surface area contributed by atoms with Crippen LogP contribution >= 0.6 is 0 Å². The van der Waals surface area contributed by atoms with Crippen molar-refractivity contribution in [1.82, 2.24) is 10.6 Å². The fourth-order valence-corrected chi connectivity index (χ4v) is 9.52. The molecule has 19 heavy (non-hydrogen) atoms. The predicted octanol–water partition coefficient (Wildman–Crippen LogP) is 0.252. The van der Waals surface area contributed by atoms with Crippen LogP contribution in [-0.4, -0.2) is 70.6 Å². The van der Waals surface area contributed by atoms with Crippen molar-refractivity contribution >= 4 is 20.0 Å². The van der Waals surface area contributed by atoms with Gasteiger partial charge in [-0.2, -0.15) is 0 Å². The molecule has 2 N–H and O–H groups in total. The van der Waals surface area contributed by atoms with E-state index in [1.807, 2.05) is 27.7 Å². The van der Waals surface area contributed by atoms with Gasteiger partial charge < -0.3 is 0 Å². The molecular weight excluding hydrogens is 355 g/mol. The number of rotatable bonds is 0. The zero-order valence-corrected chi connectivity index (χ0v) is 15.2. The molecule has 0 aromatic heterocycles. The number of nitrogens with one attached hydrogen (secondary N) is 2. The SMILES string of the molecule is CC1(C)CNCC[O][Sn]2([O]CCNCC(C)(C)[O]2)[O]1. The third kappa shape index (κ3) is 4.80. The maximum absolute atomic E-state index is 6.23. The summed E-state index contributed by atoms with van der Waals surface area (Å²) in [5.74, 6) is 0. The summed E-state index contributed by atoms with van der Waals surface area (Å²) in [7, 11) is 0. The zero-order valence-electron chi connectivity index (χ0n) is 12.4. The van der Waals surface area contributed by atoms with Crippen LogP contribution in [0, 0.1) is 0 Å². The molecule has 6 nitrogen and oxygen atoms in total. The molecule has 0 amide bonds. The van der Waals surface area contributed by atoms with E-state index in [-0.39, 0.29) is 11.2 Å². The monoisotopic (exact) mass is 382 g/mol. The third-order valence-electron chi connectivity index (χ3n) is 3.02. The Balaban J connectivity index is 2.18. The molecular formula is C12H26N2O4Sn. The average molecular weight is 381 g/mol. The predicted molar refractivity (Wildman–Crippen MR) is 73.7 cm³/mol. The van der Waals surface area contributed by atoms with Crippen molar-refractivity contribution in [2.75, 3.05) is 39.4 Å². The molecule has 0 radical (unpaired) electrons. The molecule has 7 heteroatoms. The summed E-state index contributed by atoms with van der Waals surface area (Å²) in [6.45, 7) is 12.5. The van der Waals surface area contributed by atoms with E-state index in [1.165, 1.54) is 0 Å². The summed E-state index contributed by atoms with van der Waals surface area (Å²) < 4.78 is 24.4. The summed E-state index contributed by atoms with van der Waals surface area (Å²) in [6.07, 6.45) is 0. The van der Waals surface area contributed by atoms with Gasteiger partial charge in [-0.05, 0) is 0 Å². The Morgan fingerprint density at radius 1 is 0.789 bits per heavy atom. The summed E-state index contributed by atoms with van der Waals surface area (Å²) in [5, 5.41) is 6.62. The van der Waals surface area contributed by atoms with Gasteiger partial charge in [0.25, 0.3) is 0 Å². The van der Waals surface area contributed by atoms with Gasteiger partial charge in [0.2, 0.25) is 0 Å². The van der Waals surface area contributed by atoms with Crippen molar-refractivity contribution in [2.24, 2.45) is 0 Å². The van der Waals surface area contributed by atoms with Gasteiger partial charge in [0, 0.05) is 0 Å². The van der Waals surface area contributed by atoms with Crippen molar-refractivity contribution in [3.8, 4) is 0 Å². The molecule has 0 aromatic rings. The van der Waals surface area contributed by atoms with Gasteiger partial charge in [0.05, 0.1) is 0 Å². The summed E-state index contributed by atoms with van der Waals surface area (Å²) in [5.41, 5.74) is -0.668. The van der Waals surface area contributed by atoms with E-state index in [1.54, 1.807) is 0 Å². The van der Waals surface area contributed by atoms with E-state index < -0.39 is 20.0 Å². The first kappa shape index (κ1) is 15.9. The number of hydrogen-bond donors (Lipinski definition) is 2. The second kappa shape index (κ2) is 6.13. The molecule has 1 spiro atoms. The van der Waals surface area contributed by atoms with Crippen molar-refractivity contribution in [3.05, 3.63) is 0 Å². The summed E-state index contributed by atoms with van der Waals surface area (Å²) >= 11 is -3.95. The first-order valence-corrected chi connectivity index (χ1v) is 11.6. The molecule has 2 saturated heterocycles. The Morgan fingerprint density at radius 3 is 1.63 bits per heavy atom. The van der Waals surface area contributed by atoms with E-state index in [0.29, 0.717) is 13.2 Å². The Bertz CT molecular complexity index is 282. The van der Waals surface area contributed by atoms with Gasteiger partial charge in [-0.1, -0.05) is 0 Å². The molecule has 0 aliphatic carbocycles. The van der Waals surface area contributed by atoms with Crippen molar-refractivity contribution in [1.29, 1.82) is 0 Å². The normalized spacial score (nSPS) is 30.9. The van der Waals surface area contributed by atoms with Gasteiger partial charge in [-0.15, -0.1) is 0 Å². The molecule has 0 bridgehead atoms. The molecule has 0 atom stereocenters. The quantitative estimate of drug-likeness (QED) is 0.587. The molecule has 2 fully saturated rings. The Kier molecular flexibility index (Phi) is 5.14. The van der Waals surface area contributed by atoms with Crippen LogP contribution in [0.2, 0.25) is 0 Å². The fourth-order valence-electron chi connectivity index (χ4n) is 2.20. The second-order valence-corrected chi connectivity index (χ2v) is 11.9. The molecule has 0 aromatic carbocycles. The van der Waals surface area contributed by atoms with E-state index in [9.17, 15) is 0 Å². The Morgan fingerprint density at radius 2 is 1.21 bits per heavy atom. The van der Waals surface area contributed by atoms with Gasteiger partial charge >= 0.3 is 121 Å². The van der Waals surface area contributed by atoms with Crippen molar-refractivity contribution in [2.45, 2.75) is 38.9 Å². The van der Waals surface area contributed by atoms with Crippen molar-refractivity contribution in [3.63, 3.8) is 0 Å². The minimum atomic E-state index is -3.95. The fraction of sp³-hybridized carbons (Fsp3) is 1.00. The van der Waals surface area contributed by atoms with Crippen LogP contribution in [0.3, 0.4) is 0 Å². The van der Waals surface area contributed by atoms with Crippen LogP contribution in [0.5, 0.6) is 0 Å². The third-order valence-corrected chi connectivity index (χ3v) is 10.8. The molecule has 0 saturated carbocycles. The van der Waals surface area contributed by atoms with Gasteiger partial charge in [-0.25, -0.2) is 0 Å². The second-order valence-electron chi connectivity index (χ2n) is 6.27. The first-order valence-electron chi connectivity index (χ1n) is 6.92. The van der Waals surface area contributed by atoms with E-state index >= 15 is 0 Å². The summed E-state index contributed by atoms with van der Waals surface area (Å²) in [4.78, 5) is 0. The molecule has 112 valence electrons. The average Bonchev–Trinajstić information content (AvgIpc) is 2.22. The Hall–Kier alpha value is 0.559. The van der Waals surface area contributed by atoms with Gasteiger partial charge in [0.15, 0.2) is 0 Å². The van der Waals surface area contributed by atoms with Crippen LogP contribution in [-0.2, 0) is 12.3 Å².